The molecule has 0 atom stereocenters. The van der Waals surface area contributed by atoms with Crippen molar-refractivity contribution < 1.29 is 9.18 Å². The van der Waals surface area contributed by atoms with Crippen molar-refractivity contribution in [3.8, 4) is 0 Å². The number of benzene rings is 3. The van der Waals surface area contributed by atoms with Gasteiger partial charge in [0.15, 0.2) is 0 Å². The number of carbonyl (C=O) groups excluding carboxylic acids is 1. The second kappa shape index (κ2) is 9.31. The molecule has 0 unspecified atom stereocenters. The molecule has 32 heavy (non-hydrogen) atoms. The Labute approximate surface area is 188 Å². The zero-order chi connectivity index (χ0) is 22.7. The highest BCUT2D eigenvalue weighted by Gasteiger charge is 2.14. The Balaban J connectivity index is 1.51. The minimum Gasteiger partial charge on any atom is -0.322 e. The number of hydrogen-bond donors (Lipinski definition) is 1. The Bertz CT molecular complexity index is 1270. The summed E-state index contributed by atoms with van der Waals surface area (Å²) in [6.45, 7) is 6.29. The van der Waals surface area contributed by atoms with E-state index in [0.29, 0.717) is 18.0 Å². The SMILES string of the molecule is Cc1cc(NC(=O)c2cc(CCc3cncc4ccccc34)ccc2F)ccc1C(C)C. The normalized spacial score (nSPS) is 11.2. The topological polar surface area (TPSA) is 42.0 Å². The third-order valence-corrected chi connectivity index (χ3v) is 5.86. The van der Waals surface area contributed by atoms with Gasteiger partial charge in [-0.3, -0.25) is 9.78 Å². The molecule has 1 N–H and O–H groups in total. The number of rotatable bonds is 6. The summed E-state index contributed by atoms with van der Waals surface area (Å²) in [5.74, 6) is -0.549. The summed E-state index contributed by atoms with van der Waals surface area (Å²) in [7, 11) is 0. The van der Waals surface area contributed by atoms with Crippen molar-refractivity contribution in [2.24, 2.45) is 0 Å². The van der Waals surface area contributed by atoms with Crippen molar-refractivity contribution in [1.29, 1.82) is 0 Å². The highest BCUT2D eigenvalue weighted by atomic mass is 19.1. The zero-order valence-electron chi connectivity index (χ0n) is 18.7. The summed E-state index contributed by atoms with van der Waals surface area (Å²) >= 11 is 0. The molecule has 0 saturated carbocycles. The first-order chi connectivity index (χ1) is 15.4. The van der Waals surface area contributed by atoms with Crippen molar-refractivity contribution >= 4 is 22.4 Å². The molecule has 4 aromatic rings. The maximum Gasteiger partial charge on any atom is 0.258 e. The van der Waals surface area contributed by atoms with Crippen molar-refractivity contribution in [1.82, 2.24) is 4.98 Å². The quantitative estimate of drug-likeness (QED) is 0.367. The van der Waals surface area contributed by atoms with Gasteiger partial charge in [-0.15, -0.1) is 0 Å². The van der Waals surface area contributed by atoms with E-state index in [1.807, 2.05) is 55.7 Å². The first-order valence-electron chi connectivity index (χ1n) is 10.9. The number of nitrogens with zero attached hydrogens (tertiary/aromatic N) is 1. The summed E-state index contributed by atoms with van der Waals surface area (Å²) in [5.41, 5.74) is 5.12. The molecule has 0 aliphatic heterocycles. The average Bonchev–Trinajstić information content (AvgIpc) is 2.78. The Kier molecular flexibility index (Phi) is 6.31. The minimum absolute atomic E-state index is 0.0594. The molecule has 0 fully saturated rings. The van der Waals surface area contributed by atoms with Gasteiger partial charge in [0.05, 0.1) is 5.56 Å². The van der Waals surface area contributed by atoms with Gasteiger partial charge in [-0.2, -0.15) is 0 Å². The van der Waals surface area contributed by atoms with E-state index in [1.165, 1.54) is 17.0 Å². The lowest BCUT2D eigenvalue weighted by atomic mass is 9.97. The van der Waals surface area contributed by atoms with E-state index in [2.05, 4.69) is 30.2 Å². The van der Waals surface area contributed by atoms with Gasteiger partial charge < -0.3 is 5.32 Å². The molecule has 0 bridgehead atoms. The molecule has 3 nitrogen and oxygen atoms in total. The number of fused-ring (bicyclic) bond motifs is 1. The number of aryl methyl sites for hydroxylation is 3. The van der Waals surface area contributed by atoms with Crippen LogP contribution in [0.5, 0.6) is 0 Å². The summed E-state index contributed by atoms with van der Waals surface area (Å²) in [5, 5.41) is 5.11. The molecule has 0 aliphatic carbocycles. The molecular formula is C28H27FN2O. The molecule has 1 heterocycles. The van der Waals surface area contributed by atoms with Crippen LogP contribution in [0.2, 0.25) is 0 Å². The fraction of sp³-hybridized carbons (Fsp3) is 0.214. The molecule has 1 amide bonds. The van der Waals surface area contributed by atoms with Crippen LogP contribution in [0.1, 0.15) is 52.4 Å². The van der Waals surface area contributed by atoms with Crippen LogP contribution in [0, 0.1) is 12.7 Å². The van der Waals surface area contributed by atoms with Crippen LogP contribution >= 0.6 is 0 Å². The average molecular weight is 427 g/mol. The second-order valence-corrected chi connectivity index (χ2v) is 8.51. The van der Waals surface area contributed by atoms with Gasteiger partial charge in [-0.25, -0.2) is 4.39 Å². The molecular weight excluding hydrogens is 399 g/mol. The fourth-order valence-corrected chi connectivity index (χ4v) is 4.16. The third kappa shape index (κ3) is 4.70. The summed E-state index contributed by atoms with van der Waals surface area (Å²) in [6.07, 6.45) is 5.19. The van der Waals surface area contributed by atoms with Crippen LogP contribution in [-0.4, -0.2) is 10.9 Å². The molecule has 1 aromatic heterocycles. The third-order valence-electron chi connectivity index (χ3n) is 5.86. The van der Waals surface area contributed by atoms with E-state index >= 15 is 0 Å². The number of amides is 1. The van der Waals surface area contributed by atoms with Crippen LogP contribution < -0.4 is 5.32 Å². The standard InChI is InChI=1S/C28H27FN2O/c1-18(2)24-12-11-23(14-19(24)3)31-28(32)26-15-20(9-13-27(26)29)8-10-22-17-30-16-21-6-4-5-7-25(21)22/h4-7,9,11-18H,8,10H2,1-3H3,(H,31,32). The molecule has 0 saturated heterocycles. The number of anilines is 1. The number of carbonyl (C=O) groups is 1. The monoisotopic (exact) mass is 426 g/mol. The van der Waals surface area contributed by atoms with Crippen LogP contribution in [-0.2, 0) is 12.8 Å². The number of hydrogen-bond acceptors (Lipinski definition) is 2. The van der Waals surface area contributed by atoms with Gasteiger partial charge in [0, 0.05) is 23.5 Å². The highest BCUT2D eigenvalue weighted by molar-refractivity contribution is 6.04. The first-order valence-corrected chi connectivity index (χ1v) is 10.9. The maximum atomic E-state index is 14.5. The minimum atomic E-state index is -0.520. The van der Waals surface area contributed by atoms with Crippen molar-refractivity contribution in [3.05, 3.63) is 107 Å². The van der Waals surface area contributed by atoms with Crippen LogP contribution in [0.15, 0.2) is 73.1 Å². The number of aromatic nitrogens is 1. The molecule has 4 rings (SSSR count). The van der Waals surface area contributed by atoms with Crippen molar-refractivity contribution in [3.63, 3.8) is 0 Å². The van der Waals surface area contributed by atoms with E-state index < -0.39 is 11.7 Å². The van der Waals surface area contributed by atoms with Gasteiger partial charge >= 0.3 is 0 Å². The lowest BCUT2D eigenvalue weighted by Gasteiger charge is -2.13. The molecule has 4 heteroatoms. The van der Waals surface area contributed by atoms with Gasteiger partial charge in [0.25, 0.3) is 5.91 Å². The zero-order valence-corrected chi connectivity index (χ0v) is 18.7. The van der Waals surface area contributed by atoms with Crippen LogP contribution in [0.3, 0.4) is 0 Å². The molecule has 0 radical (unpaired) electrons. The molecule has 0 spiro atoms. The summed E-state index contributed by atoms with van der Waals surface area (Å²) < 4.78 is 14.5. The number of nitrogens with one attached hydrogen (secondary N) is 1. The number of halogens is 1. The van der Waals surface area contributed by atoms with Crippen LogP contribution in [0.4, 0.5) is 10.1 Å². The first kappa shape index (κ1) is 21.7. The fourth-order valence-electron chi connectivity index (χ4n) is 4.16. The van der Waals surface area contributed by atoms with E-state index in [9.17, 15) is 9.18 Å². The highest BCUT2D eigenvalue weighted by Crippen LogP contribution is 2.24. The Morgan fingerprint density at radius 2 is 1.81 bits per heavy atom. The van der Waals surface area contributed by atoms with Crippen LogP contribution in [0.25, 0.3) is 10.8 Å². The molecule has 162 valence electrons. The summed E-state index contributed by atoms with van der Waals surface area (Å²) in [6, 6.07) is 18.7. The van der Waals surface area contributed by atoms with Crippen molar-refractivity contribution in [2.75, 3.05) is 5.32 Å². The predicted octanol–water partition coefficient (Wildman–Crippen LogP) is 6.84. The molecule has 3 aromatic carbocycles. The predicted molar refractivity (Wildman–Crippen MR) is 129 cm³/mol. The van der Waals surface area contributed by atoms with E-state index in [4.69, 9.17) is 0 Å². The Hall–Kier alpha value is -3.53. The van der Waals surface area contributed by atoms with Crippen molar-refractivity contribution in [2.45, 2.75) is 39.5 Å². The van der Waals surface area contributed by atoms with Gasteiger partial charge in [-0.05, 0) is 77.6 Å². The second-order valence-electron chi connectivity index (χ2n) is 8.51. The number of pyridine rings is 1. The largest absolute Gasteiger partial charge is 0.322 e. The lowest BCUT2D eigenvalue weighted by Crippen LogP contribution is -2.14. The Morgan fingerprint density at radius 3 is 2.59 bits per heavy atom. The molecule has 0 aliphatic rings. The van der Waals surface area contributed by atoms with E-state index in [0.717, 1.165) is 28.5 Å². The van der Waals surface area contributed by atoms with Gasteiger partial charge in [0.1, 0.15) is 5.82 Å². The Morgan fingerprint density at radius 1 is 1.00 bits per heavy atom. The van der Waals surface area contributed by atoms with Gasteiger partial charge in [0.2, 0.25) is 0 Å². The smallest absolute Gasteiger partial charge is 0.258 e. The van der Waals surface area contributed by atoms with Gasteiger partial charge in [-0.1, -0.05) is 50.2 Å². The maximum absolute atomic E-state index is 14.5. The van der Waals surface area contributed by atoms with E-state index in [1.54, 1.807) is 12.1 Å². The van der Waals surface area contributed by atoms with E-state index in [-0.39, 0.29) is 5.56 Å². The summed E-state index contributed by atoms with van der Waals surface area (Å²) in [4.78, 5) is 17.1. The lowest BCUT2D eigenvalue weighted by molar-refractivity contribution is 0.102.